The molecular formula is C16H26FIN4O. The van der Waals surface area contributed by atoms with E-state index in [9.17, 15) is 9.18 Å². The molecule has 0 aliphatic carbocycles. The molecule has 0 aliphatic heterocycles. The van der Waals surface area contributed by atoms with Crippen LogP contribution in [0.2, 0.25) is 0 Å². The molecule has 1 N–H and O–H groups in total. The minimum absolute atomic E-state index is 0. The van der Waals surface area contributed by atoms with E-state index in [0.717, 1.165) is 18.5 Å². The Hall–Kier alpha value is -1.38. The highest BCUT2D eigenvalue weighted by molar-refractivity contribution is 14.0. The van der Waals surface area contributed by atoms with Crippen LogP contribution in [0.3, 0.4) is 0 Å². The Labute approximate surface area is 155 Å². The summed E-state index contributed by atoms with van der Waals surface area (Å²) in [5.74, 6) is 0.324. The average Bonchev–Trinajstić information content (AvgIpc) is 2.46. The van der Waals surface area contributed by atoms with E-state index in [1.54, 1.807) is 20.2 Å². The summed E-state index contributed by atoms with van der Waals surface area (Å²) in [6.07, 6.45) is 0.953. The molecule has 5 nitrogen and oxygen atoms in total. The Morgan fingerprint density at radius 3 is 2.57 bits per heavy atom. The molecule has 1 rings (SSSR count). The van der Waals surface area contributed by atoms with E-state index in [1.165, 1.54) is 17.0 Å². The molecule has 23 heavy (non-hydrogen) atoms. The van der Waals surface area contributed by atoms with Crippen LogP contribution in [-0.2, 0) is 11.3 Å². The number of rotatable bonds is 6. The number of nitrogens with one attached hydrogen (secondary N) is 1. The summed E-state index contributed by atoms with van der Waals surface area (Å²) in [7, 11) is 5.27. The van der Waals surface area contributed by atoms with Crippen molar-refractivity contribution in [1.82, 2.24) is 15.1 Å². The lowest BCUT2D eigenvalue weighted by molar-refractivity contribution is -0.127. The lowest BCUT2D eigenvalue weighted by Crippen LogP contribution is -2.40. The Balaban J connectivity index is 0.00000484. The van der Waals surface area contributed by atoms with Crippen LogP contribution in [0.1, 0.15) is 18.9 Å². The van der Waals surface area contributed by atoms with Crippen molar-refractivity contribution < 1.29 is 9.18 Å². The van der Waals surface area contributed by atoms with Crippen molar-refractivity contribution >= 4 is 35.8 Å². The number of amides is 1. The van der Waals surface area contributed by atoms with Crippen LogP contribution in [-0.4, -0.2) is 55.9 Å². The molecule has 0 bridgehead atoms. The van der Waals surface area contributed by atoms with Gasteiger partial charge in [0.25, 0.3) is 0 Å². The summed E-state index contributed by atoms with van der Waals surface area (Å²) in [4.78, 5) is 19.4. The molecule has 0 fully saturated rings. The van der Waals surface area contributed by atoms with E-state index in [2.05, 4.69) is 17.2 Å². The van der Waals surface area contributed by atoms with Gasteiger partial charge in [-0.3, -0.25) is 4.79 Å². The van der Waals surface area contributed by atoms with Crippen molar-refractivity contribution in [2.24, 2.45) is 4.99 Å². The van der Waals surface area contributed by atoms with Gasteiger partial charge in [0.05, 0.1) is 0 Å². The van der Waals surface area contributed by atoms with Crippen LogP contribution in [0, 0.1) is 5.82 Å². The van der Waals surface area contributed by atoms with Crippen molar-refractivity contribution in [2.45, 2.75) is 19.9 Å². The predicted octanol–water partition coefficient (Wildman–Crippen LogP) is 2.32. The highest BCUT2D eigenvalue weighted by atomic mass is 127. The second kappa shape index (κ2) is 11.2. The van der Waals surface area contributed by atoms with Gasteiger partial charge in [0.1, 0.15) is 12.4 Å². The van der Waals surface area contributed by atoms with Crippen molar-refractivity contribution in [2.75, 3.05) is 34.2 Å². The molecule has 0 radical (unpaired) electrons. The van der Waals surface area contributed by atoms with Gasteiger partial charge >= 0.3 is 0 Å². The SMILES string of the molecule is CCCNC(=NCC(=O)N(C)C)N(C)Cc1cccc(F)c1.I. The van der Waals surface area contributed by atoms with Crippen molar-refractivity contribution in [3.05, 3.63) is 35.6 Å². The van der Waals surface area contributed by atoms with E-state index in [0.29, 0.717) is 12.5 Å². The largest absolute Gasteiger partial charge is 0.356 e. The monoisotopic (exact) mass is 436 g/mol. The van der Waals surface area contributed by atoms with E-state index in [1.807, 2.05) is 18.0 Å². The molecular weight excluding hydrogens is 410 g/mol. The Morgan fingerprint density at radius 2 is 2.00 bits per heavy atom. The van der Waals surface area contributed by atoms with Gasteiger partial charge in [0, 0.05) is 34.2 Å². The maximum Gasteiger partial charge on any atom is 0.243 e. The van der Waals surface area contributed by atoms with Gasteiger partial charge in [-0.15, -0.1) is 24.0 Å². The number of benzene rings is 1. The van der Waals surface area contributed by atoms with Crippen LogP contribution in [0.25, 0.3) is 0 Å². The quantitative estimate of drug-likeness (QED) is 0.423. The maximum absolute atomic E-state index is 13.2. The Morgan fingerprint density at radius 1 is 1.30 bits per heavy atom. The molecule has 0 saturated heterocycles. The number of nitrogens with zero attached hydrogens (tertiary/aromatic N) is 3. The fourth-order valence-electron chi connectivity index (χ4n) is 1.82. The molecule has 1 aromatic rings. The van der Waals surface area contributed by atoms with Gasteiger partial charge in [0.15, 0.2) is 5.96 Å². The molecule has 0 spiro atoms. The zero-order chi connectivity index (χ0) is 16.5. The molecule has 0 aromatic heterocycles. The number of carbonyl (C=O) groups is 1. The smallest absolute Gasteiger partial charge is 0.243 e. The van der Waals surface area contributed by atoms with E-state index in [4.69, 9.17) is 0 Å². The van der Waals surface area contributed by atoms with Crippen LogP contribution in [0.4, 0.5) is 4.39 Å². The highest BCUT2D eigenvalue weighted by Crippen LogP contribution is 2.06. The van der Waals surface area contributed by atoms with Gasteiger partial charge in [-0.25, -0.2) is 9.38 Å². The number of guanidine groups is 1. The number of hydrogen-bond acceptors (Lipinski definition) is 2. The standard InChI is InChI=1S/C16H25FN4O.HI/c1-5-9-18-16(19-11-15(22)20(2)3)21(4)12-13-7-6-8-14(17)10-13;/h6-8,10H,5,9,11-12H2,1-4H3,(H,18,19);1H. The first-order chi connectivity index (χ1) is 10.4. The topological polar surface area (TPSA) is 47.9 Å². The van der Waals surface area contributed by atoms with Crippen LogP contribution in [0.5, 0.6) is 0 Å². The summed E-state index contributed by atoms with van der Waals surface area (Å²) in [5.41, 5.74) is 0.854. The fourth-order valence-corrected chi connectivity index (χ4v) is 1.82. The molecule has 130 valence electrons. The minimum Gasteiger partial charge on any atom is -0.356 e. The third-order valence-electron chi connectivity index (χ3n) is 3.07. The first-order valence-corrected chi connectivity index (χ1v) is 7.38. The fraction of sp³-hybridized carbons (Fsp3) is 0.500. The number of carbonyl (C=O) groups excluding carboxylic acids is 1. The van der Waals surface area contributed by atoms with Gasteiger partial charge in [-0.2, -0.15) is 0 Å². The number of halogens is 2. The summed E-state index contributed by atoms with van der Waals surface area (Å²) < 4.78 is 13.2. The number of hydrogen-bond donors (Lipinski definition) is 1. The highest BCUT2D eigenvalue weighted by Gasteiger charge is 2.09. The zero-order valence-electron chi connectivity index (χ0n) is 14.2. The van der Waals surface area contributed by atoms with E-state index in [-0.39, 0.29) is 42.2 Å². The Bertz CT molecular complexity index is 523. The maximum atomic E-state index is 13.2. The van der Waals surface area contributed by atoms with Gasteiger partial charge < -0.3 is 15.1 Å². The second-order valence-corrected chi connectivity index (χ2v) is 5.34. The molecule has 1 amide bonds. The summed E-state index contributed by atoms with van der Waals surface area (Å²) >= 11 is 0. The Kier molecular flexibility index (Phi) is 10.5. The van der Waals surface area contributed by atoms with E-state index < -0.39 is 0 Å². The van der Waals surface area contributed by atoms with Crippen LogP contribution in [0.15, 0.2) is 29.3 Å². The summed E-state index contributed by atoms with van der Waals surface area (Å²) in [6.45, 7) is 3.43. The first kappa shape index (κ1) is 21.6. The minimum atomic E-state index is -0.256. The molecule has 0 atom stereocenters. The molecule has 0 unspecified atom stereocenters. The lowest BCUT2D eigenvalue weighted by Gasteiger charge is -2.22. The second-order valence-electron chi connectivity index (χ2n) is 5.34. The molecule has 0 heterocycles. The zero-order valence-corrected chi connectivity index (χ0v) is 16.5. The van der Waals surface area contributed by atoms with Gasteiger partial charge in [0.2, 0.25) is 5.91 Å². The first-order valence-electron chi connectivity index (χ1n) is 7.38. The predicted molar refractivity (Wildman–Crippen MR) is 103 cm³/mol. The number of likely N-dealkylation sites (N-methyl/N-ethyl adjacent to an activating group) is 1. The van der Waals surface area contributed by atoms with Gasteiger partial charge in [-0.1, -0.05) is 19.1 Å². The summed E-state index contributed by atoms with van der Waals surface area (Å²) in [5, 5.41) is 3.21. The van der Waals surface area contributed by atoms with Crippen LogP contribution < -0.4 is 5.32 Å². The van der Waals surface area contributed by atoms with Crippen molar-refractivity contribution in [3.63, 3.8) is 0 Å². The molecule has 1 aromatic carbocycles. The molecule has 0 aliphatic rings. The third kappa shape index (κ3) is 8.15. The molecule has 7 heteroatoms. The van der Waals surface area contributed by atoms with Crippen LogP contribution >= 0.6 is 24.0 Å². The number of aliphatic imine (C=N–C) groups is 1. The van der Waals surface area contributed by atoms with Crippen molar-refractivity contribution in [1.29, 1.82) is 0 Å². The normalized spacial score (nSPS) is 10.7. The van der Waals surface area contributed by atoms with Crippen molar-refractivity contribution in [3.8, 4) is 0 Å². The van der Waals surface area contributed by atoms with Gasteiger partial charge in [-0.05, 0) is 24.1 Å². The third-order valence-corrected chi connectivity index (χ3v) is 3.07. The average molecular weight is 436 g/mol. The molecule has 0 saturated carbocycles. The lowest BCUT2D eigenvalue weighted by atomic mass is 10.2. The summed E-state index contributed by atoms with van der Waals surface area (Å²) in [6, 6.07) is 6.47. The van der Waals surface area contributed by atoms with E-state index >= 15 is 0 Å².